The highest BCUT2D eigenvalue weighted by Gasteiger charge is 2.39. The van der Waals surface area contributed by atoms with E-state index in [1.165, 1.54) is 0 Å². The van der Waals surface area contributed by atoms with E-state index in [-0.39, 0.29) is 17.3 Å². The summed E-state index contributed by atoms with van der Waals surface area (Å²) in [5.74, 6) is -1.49. The van der Waals surface area contributed by atoms with E-state index in [0.29, 0.717) is 6.07 Å². The van der Waals surface area contributed by atoms with Crippen LogP contribution in [0.3, 0.4) is 0 Å². The molecule has 1 unspecified atom stereocenters. The van der Waals surface area contributed by atoms with Crippen LogP contribution in [0.1, 0.15) is 34.0 Å². The van der Waals surface area contributed by atoms with E-state index < -0.39 is 52.3 Å². The molecule has 1 atom stereocenters. The summed E-state index contributed by atoms with van der Waals surface area (Å²) < 4.78 is 118. The van der Waals surface area contributed by atoms with Crippen molar-refractivity contribution < 1.29 is 39.5 Å². The van der Waals surface area contributed by atoms with Crippen molar-refractivity contribution in [1.82, 2.24) is 9.97 Å². The Hall–Kier alpha value is -3.36. The van der Waals surface area contributed by atoms with Gasteiger partial charge in [0.2, 0.25) is 0 Å². The number of hydrogen-bond acceptors (Lipinski definition) is 3. The van der Waals surface area contributed by atoms with E-state index in [4.69, 9.17) is 0 Å². The number of hydrogen-bond donors (Lipinski definition) is 0. The van der Waals surface area contributed by atoms with E-state index >= 15 is 0 Å². The highest BCUT2D eigenvalue weighted by atomic mass is 19.4. The molecule has 0 fully saturated rings. The van der Waals surface area contributed by atoms with Gasteiger partial charge in [-0.3, -0.25) is 0 Å². The smallest absolute Gasteiger partial charge is 0.231 e. The van der Waals surface area contributed by atoms with Gasteiger partial charge in [0, 0.05) is 5.39 Å². The number of nitrogens with zero attached hydrogens (tertiary/aromatic N) is 3. The van der Waals surface area contributed by atoms with Gasteiger partial charge in [0.1, 0.15) is 11.6 Å². The molecule has 2 aromatic heterocycles. The van der Waals surface area contributed by atoms with E-state index in [1.807, 2.05) is 0 Å². The van der Waals surface area contributed by atoms with Crippen molar-refractivity contribution in [1.29, 1.82) is 5.26 Å². The minimum atomic E-state index is -5.21. The lowest BCUT2D eigenvalue weighted by Gasteiger charge is -2.16. The second-order valence-corrected chi connectivity index (χ2v) is 6.34. The summed E-state index contributed by atoms with van der Waals surface area (Å²) in [5, 5.41) is 8.67. The molecule has 3 aromatic rings. The monoisotopic (exact) mass is 449 g/mol. The molecule has 162 valence electrons. The molecule has 31 heavy (non-hydrogen) atoms. The standard InChI is InChI=1S/C19H8F9N3/c20-17(21,22)10-3-1-2-9(6-10)12(8-29)14-5-4-11-13(18(23,24)25)7-15(19(26,27)28)31-16(11)30-14/h1-7,12H. The van der Waals surface area contributed by atoms with Gasteiger partial charge >= 0.3 is 18.5 Å². The van der Waals surface area contributed by atoms with Crippen LogP contribution in [0.25, 0.3) is 11.0 Å². The molecule has 0 aliphatic carbocycles. The summed E-state index contributed by atoms with van der Waals surface area (Å²) in [5.41, 5.74) is -6.03. The van der Waals surface area contributed by atoms with Gasteiger partial charge in [-0.1, -0.05) is 18.2 Å². The topological polar surface area (TPSA) is 49.6 Å². The van der Waals surface area contributed by atoms with Crippen LogP contribution < -0.4 is 0 Å². The Kier molecular flexibility index (Phi) is 5.33. The molecule has 12 heteroatoms. The summed E-state index contributed by atoms with van der Waals surface area (Å²) in [6.07, 6.45) is -15.1. The number of aromatic nitrogens is 2. The molecule has 1 aromatic carbocycles. The molecule has 0 N–H and O–H groups in total. The van der Waals surface area contributed by atoms with E-state index in [0.717, 1.165) is 30.3 Å². The number of nitriles is 1. The quantitative estimate of drug-likeness (QED) is 0.429. The fourth-order valence-electron chi connectivity index (χ4n) is 2.87. The molecule has 3 nitrogen and oxygen atoms in total. The Balaban J connectivity index is 2.20. The van der Waals surface area contributed by atoms with Crippen molar-refractivity contribution in [2.75, 3.05) is 0 Å². The summed E-state index contributed by atoms with van der Waals surface area (Å²) >= 11 is 0. The second kappa shape index (κ2) is 7.40. The molecule has 0 saturated carbocycles. The Morgan fingerprint density at radius 3 is 2.00 bits per heavy atom. The van der Waals surface area contributed by atoms with E-state index in [2.05, 4.69) is 9.97 Å². The Morgan fingerprint density at radius 1 is 0.774 bits per heavy atom. The summed E-state index contributed by atoms with van der Waals surface area (Å²) in [7, 11) is 0. The Bertz CT molecular complexity index is 1170. The van der Waals surface area contributed by atoms with Crippen molar-refractivity contribution in [2.24, 2.45) is 0 Å². The molecule has 0 amide bonds. The lowest BCUT2D eigenvalue weighted by Crippen LogP contribution is -2.14. The summed E-state index contributed by atoms with van der Waals surface area (Å²) in [6.45, 7) is 0. The fourth-order valence-corrected chi connectivity index (χ4v) is 2.87. The minimum Gasteiger partial charge on any atom is -0.231 e. The average molecular weight is 449 g/mol. The van der Waals surface area contributed by atoms with E-state index in [9.17, 15) is 44.8 Å². The number of pyridine rings is 2. The zero-order valence-corrected chi connectivity index (χ0v) is 14.9. The number of benzene rings is 1. The van der Waals surface area contributed by atoms with Crippen molar-refractivity contribution >= 4 is 11.0 Å². The van der Waals surface area contributed by atoms with Crippen LogP contribution in [-0.4, -0.2) is 9.97 Å². The molecule has 0 saturated heterocycles. The first kappa shape index (κ1) is 22.3. The third-order valence-corrected chi connectivity index (χ3v) is 4.26. The van der Waals surface area contributed by atoms with Crippen LogP contribution >= 0.6 is 0 Å². The number of fused-ring (bicyclic) bond motifs is 1. The van der Waals surface area contributed by atoms with Crippen LogP contribution in [0.4, 0.5) is 39.5 Å². The highest BCUT2D eigenvalue weighted by Crippen LogP contribution is 2.39. The summed E-state index contributed by atoms with van der Waals surface area (Å²) in [4.78, 5) is 6.77. The van der Waals surface area contributed by atoms with Crippen LogP contribution in [0.15, 0.2) is 42.5 Å². The zero-order valence-electron chi connectivity index (χ0n) is 14.9. The predicted molar refractivity (Wildman–Crippen MR) is 88.4 cm³/mol. The molecular weight excluding hydrogens is 441 g/mol. The molecule has 0 radical (unpaired) electrons. The lowest BCUT2D eigenvalue weighted by atomic mass is 9.94. The highest BCUT2D eigenvalue weighted by molar-refractivity contribution is 5.80. The first-order valence-corrected chi connectivity index (χ1v) is 8.24. The molecule has 2 heterocycles. The molecule has 0 bridgehead atoms. The Morgan fingerprint density at radius 2 is 1.45 bits per heavy atom. The van der Waals surface area contributed by atoms with Crippen LogP contribution in [-0.2, 0) is 18.5 Å². The summed E-state index contributed by atoms with van der Waals surface area (Å²) in [6, 6.07) is 6.81. The third-order valence-electron chi connectivity index (χ3n) is 4.26. The molecule has 0 aliphatic heterocycles. The number of halogens is 9. The number of alkyl halides is 9. The largest absolute Gasteiger partial charge is 0.433 e. The van der Waals surface area contributed by atoms with Crippen LogP contribution in [0.5, 0.6) is 0 Å². The maximum atomic E-state index is 13.3. The first-order chi connectivity index (χ1) is 14.2. The third kappa shape index (κ3) is 4.55. The lowest BCUT2D eigenvalue weighted by molar-refractivity contribution is -0.144. The molecular formula is C19H8F9N3. The second-order valence-electron chi connectivity index (χ2n) is 6.34. The minimum absolute atomic E-state index is 0.154. The molecule has 0 spiro atoms. The van der Waals surface area contributed by atoms with Gasteiger partial charge in [0.25, 0.3) is 0 Å². The zero-order chi connectivity index (χ0) is 23.2. The van der Waals surface area contributed by atoms with Crippen molar-refractivity contribution in [3.05, 3.63) is 70.5 Å². The van der Waals surface area contributed by atoms with Gasteiger partial charge in [-0.2, -0.15) is 44.8 Å². The van der Waals surface area contributed by atoms with Gasteiger partial charge in [0.05, 0.1) is 22.9 Å². The van der Waals surface area contributed by atoms with Gasteiger partial charge in [-0.05, 0) is 29.8 Å². The maximum Gasteiger partial charge on any atom is 0.433 e. The van der Waals surface area contributed by atoms with E-state index in [1.54, 1.807) is 6.07 Å². The average Bonchev–Trinajstić information content (AvgIpc) is 2.65. The number of rotatable bonds is 2. The van der Waals surface area contributed by atoms with Crippen molar-refractivity contribution in [2.45, 2.75) is 24.4 Å². The first-order valence-electron chi connectivity index (χ1n) is 8.24. The van der Waals surface area contributed by atoms with Crippen molar-refractivity contribution in [3.8, 4) is 6.07 Å². The Labute approximate surface area is 167 Å². The van der Waals surface area contributed by atoms with Gasteiger partial charge in [-0.25, -0.2) is 9.97 Å². The maximum absolute atomic E-state index is 13.3. The normalized spacial score (nSPS) is 13.8. The van der Waals surface area contributed by atoms with Gasteiger partial charge in [-0.15, -0.1) is 0 Å². The molecule has 3 rings (SSSR count). The fraction of sp³-hybridized carbons (Fsp3) is 0.211. The van der Waals surface area contributed by atoms with Gasteiger partial charge in [0.15, 0.2) is 5.65 Å². The van der Waals surface area contributed by atoms with Crippen LogP contribution in [0.2, 0.25) is 0 Å². The molecule has 0 aliphatic rings. The van der Waals surface area contributed by atoms with Crippen molar-refractivity contribution in [3.63, 3.8) is 0 Å². The predicted octanol–water partition coefficient (Wildman–Crippen LogP) is 6.34. The van der Waals surface area contributed by atoms with Gasteiger partial charge < -0.3 is 0 Å². The van der Waals surface area contributed by atoms with Crippen LogP contribution in [0, 0.1) is 11.3 Å². The SMILES string of the molecule is N#CC(c1cccc(C(F)(F)F)c1)c1ccc2c(C(F)(F)F)cc(C(F)(F)F)nc2n1.